The van der Waals surface area contributed by atoms with E-state index in [1.54, 1.807) is 18.2 Å². The Morgan fingerprint density at radius 2 is 1.71 bits per heavy atom. The number of aliphatic hydroxyl groups is 1. The number of ether oxygens (including phenoxy) is 2. The smallest absolute Gasteiger partial charge is 0.508 e. The molecule has 1 atom stereocenters. The van der Waals surface area contributed by atoms with Crippen LogP contribution in [0.2, 0.25) is 0 Å². The maximum atomic E-state index is 13.3. The molecule has 11 heteroatoms. The topological polar surface area (TPSA) is 99.5 Å². The second kappa shape index (κ2) is 9.33. The Morgan fingerprint density at radius 1 is 1.03 bits per heavy atom. The van der Waals surface area contributed by atoms with Gasteiger partial charge in [-0.25, -0.2) is 0 Å². The number of Topliss-reactive ketones (excluding diaryl/α,β-unsaturated/α-hetero) is 1. The number of phenolic OH excluding ortho intramolecular Hbond substituents is 1. The molecule has 0 bridgehead atoms. The van der Waals surface area contributed by atoms with Crippen LogP contribution in [0.5, 0.6) is 17.2 Å². The number of anilines is 2. The van der Waals surface area contributed by atoms with E-state index in [9.17, 15) is 33.0 Å². The summed E-state index contributed by atoms with van der Waals surface area (Å²) in [6, 6.07) is 13.9. The van der Waals surface area contributed by atoms with Crippen molar-refractivity contribution in [3.8, 4) is 17.2 Å². The average molecular weight is 526 g/mol. The average Bonchev–Trinajstić information content (AvgIpc) is 3.14. The Kier molecular flexibility index (Phi) is 6.14. The lowest BCUT2D eigenvalue weighted by Crippen LogP contribution is -2.29. The van der Waals surface area contributed by atoms with Crippen LogP contribution in [0.4, 0.5) is 24.5 Å². The summed E-state index contributed by atoms with van der Waals surface area (Å²) in [5.74, 6) is -2.34. The first-order valence-corrected chi connectivity index (χ1v) is 11.5. The van der Waals surface area contributed by atoms with Gasteiger partial charge in [0, 0.05) is 18.3 Å². The van der Waals surface area contributed by atoms with E-state index in [1.807, 2.05) is 11.9 Å². The van der Waals surface area contributed by atoms with Gasteiger partial charge in [-0.3, -0.25) is 14.5 Å². The van der Waals surface area contributed by atoms with E-state index in [2.05, 4.69) is 4.74 Å². The molecule has 0 aliphatic carbocycles. The summed E-state index contributed by atoms with van der Waals surface area (Å²) in [6.07, 6.45) is -4.90. The van der Waals surface area contributed by atoms with E-state index < -0.39 is 35.6 Å². The van der Waals surface area contributed by atoms with Crippen molar-refractivity contribution in [3.05, 3.63) is 83.4 Å². The van der Waals surface area contributed by atoms with Crippen LogP contribution in [0.1, 0.15) is 17.2 Å². The van der Waals surface area contributed by atoms with Crippen LogP contribution in [-0.4, -0.2) is 48.5 Å². The molecule has 1 amide bonds. The van der Waals surface area contributed by atoms with Gasteiger partial charge in [0.2, 0.25) is 0 Å². The predicted octanol–water partition coefficient (Wildman–Crippen LogP) is 4.75. The summed E-state index contributed by atoms with van der Waals surface area (Å²) in [6.45, 7) is 1.11. The number of ketones is 1. The molecular formula is C27H21F3N2O6. The van der Waals surface area contributed by atoms with Gasteiger partial charge in [-0.05, 0) is 60.2 Å². The van der Waals surface area contributed by atoms with Gasteiger partial charge in [0.05, 0.1) is 23.8 Å². The number of phenols is 1. The van der Waals surface area contributed by atoms with Crippen molar-refractivity contribution in [2.75, 3.05) is 30.0 Å². The maximum absolute atomic E-state index is 13.3. The lowest BCUT2D eigenvalue weighted by Gasteiger charge is -2.28. The number of likely N-dealkylation sites (N-methyl/N-ethyl adjacent to an activating group) is 1. The Bertz CT molecular complexity index is 1430. The molecule has 0 spiro atoms. The molecule has 2 aliphatic heterocycles. The highest BCUT2D eigenvalue weighted by molar-refractivity contribution is 6.51. The first kappa shape index (κ1) is 25.0. The van der Waals surface area contributed by atoms with Gasteiger partial charge in [0.15, 0.2) is 0 Å². The number of benzene rings is 3. The maximum Gasteiger partial charge on any atom is 0.573 e. The summed E-state index contributed by atoms with van der Waals surface area (Å²) >= 11 is 0. The van der Waals surface area contributed by atoms with Gasteiger partial charge >= 0.3 is 6.36 Å². The van der Waals surface area contributed by atoms with Crippen molar-refractivity contribution in [2.45, 2.75) is 12.4 Å². The zero-order valence-electron chi connectivity index (χ0n) is 19.9. The summed E-state index contributed by atoms with van der Waals surface area (Å²) in [5, 5.41) is 21.1. The Labute approximate surface area is 214 Å². The van der Waals surface area contributed by atoms with Crippen LogP contribution in [0.25, 0.3) is 5.76 Å². The highest BCUT2D eigenvalue weighted by atomic mass is 19.4. The minimum absolute atomic E-state index is 0.0583. The zero-order chi connectivity index (χ0) is 27.2. The minimum atomic E-state index is -4.90. The first-order chi connectivity index (χ1) is 18.0. The Hall–Kier alpha value is -4.67. The van der Waals surface area contributed by atoms with E-state index in [-0.39, 0.29) is 22.6 Å². The van der Waals surface area contributed by atoms with Crippen molar-refractivity contribution >= 4 is 28.8 Å². The summed E-state index contributed by atoms with van der Waals surface area (Å²) in [4.78, 5) is 29.6. The van der Waals surface area contributed by atoms with Crippen LogP contribution < -0.4 is 19.3 Å². The molecule has 1 unspecified atom stereocenters. The first-order valence-electron chi connectivity index (χ1n) is 11.5. The third kappa shape index (κ3) is 4.58. The van der Waals surface area contributed by atoms with E-state index >= 15 is 0 Å². The quantitative estimate of drug-likeness (QED) is 0.288. The molecule has 5 rings (SSSR count). The molecule has 3 aromatic carbocycles. The number of alkyl halides is 3. The fourth-order valence-electron chi connectivity index (χ4n) is 4.53. The number of rotatable bonds is 4. The molecule has 196 valence electrons. The number of nitrogens with zero attached hydrogens (tertiary/aromatic N) is 2. The number of carbonyl (C=O) groups excluding carboxylic acids is 2. The van der Waals surface area contributed by atoms with Crippen molar-refractivity contribution in [3.63, 3.8) is 0 Å². The molecule has 3 aromatic rings. The molecular weight excluding hydrogens is 505 g/mol. The van der Waals surface area contributed by atoms with Crippen LogP contribution in [0.3, 0.4) is 0 Å². The molecule has 8 nitrogen and oxygen atoms in total. The predicted molar refractivity (Wildman–Crippen MR) is 131 cm³/mol. The monoisotopic (exact) mass is 526 g/mol. The molecule has 2 aliphatic rings. The van der Waals surface area contributed by atoms with Crippen LogP contribution >= 0.6 is 0 Å². The molecule has 2 heterocycles. The van der Waals surface area contributed by atoms with E-state index in [4.69, 9.17) is 4.74 Å². The molecule has 0 saturated carbocycles. The van der Waals surface area contributed by atoms with Crippen LogP contribution in [0.15, 0.2) is 72.3 Å². The third-order valence-corrected chi connectivity index (χ3v) is 6.33. The summed E-state index contributed by atoms with van der Waals surface area (Å²) < 4.78 is 47.4. The fourth-order valence-corrected chi connectivity index (χ4v) is 4.53. The largest absolute Gasteiger partial charge is 0.573 e. The van der Waals surface area contributed by atoms with Crippen molar-refractivity contribution < 1.29 is 42.4 Å². The number of hydrogen-bond donors (Lipinski definition) is 2. The van der Waals surface area contributed by atoms with Crippen LogP contribution in [0, 0.1) is 0 Å². The number of fused-ring (bicyclic) bond motifs is 1. The van der Waals surface area contributed by atoms with Gasteiger partial charge in [-0.2, -0.15) is 0 Å². The van der Waals surface area contributed by atoms with Crippen molar-refractivity contribution in [1.82, 2.24) is 0 Å². The number of hydrogen-bond acceptors (Lipinski definition) is 7. The highest BCUT2D eigenvalue weighted by Gasteiger charge is 2.47. The van der Waals surface area contributed by atoms with Crippen LogP contribution in [-0.2, 0) is 9.59 Å². The normalized spacial score (nSPS) is 18.8. The minimum Gasteiger partial charge on any atom is -0.508 e. The molecule has 1 saturated heterocycles. The molecule has 0 aromatic heterocycles. The van der Waals surface area contributed by atoms with E-state index in [0.717, 1.165) is 17.0 Å². The van der Waals surface area contributed by atoms with Crippen molar-refractivity contribution in [1.29, 1.82) is 0 Å². The zero-order valence-corrected chi connectivity index (χ0v) is 19.9. The number of carbonyl (C=O) groups is 2. The van der Waals surface area contributed by atoms with Gasteiger partial charge in [-0.1, -0.05) is 12.1 Å². The lowest BCUT2D eigenvalue weighted by atomic mass is 9.94. The van der Waals surface area contributed by atoms with Crippen molar-refractivity contribution in [2.24, 2.45) is 0 Å². The lowest BCUT2D eigenvalue weighted by molar-refractivity contribution is -0.274. The third-order valence-electron chi connectivity index (χ3n) is 6.33. The second-order valence-corrected chi connectivity index (χ2v) is 8.75. The number of amides is 1. The van der Waals surface area contributed by atoms with E-state index in [0.29, 0.717) is 30.2 Å². The number of aliphatic hydroxyl groups excluding tert-OH is 1. The Balaban J connectivity index is 1.63. The molecule has 1 fully saturated rings. The highest BCUT2D eigenvalue weighted by Crippen LogP contribution is 2.44. The molecule has 38 heavy (non-hydrogen) atoms. The second-order valence-electron chi connectivity index (χ2n) is 8.75. The standard InChI is InChI=1S/C27H21F3N2O6/c1-31-12-13-37-21-11-4-16(14-20(21)31)24(34)22-23(15-2-7-18(33)8-3-15)32(26(36)25(22)35)17-5-9-19(10-6-17)38-27(28,29)30/h2-11,14,23,33-34H,12-13H2,1H3/b24-22-. The SMILES string of the molecule is CN1CCOc2ccc(/C(O)=C3/C(=O)C(=O)N(c4ccc(OC(F)(F)F)cc4)C3c3ccc(O)cc3)cc21. The number of halogens is 3. The Morgan fingerprint density at radius 3 is 2.37 bits per heavy atom. The van der Waals surface area contributed by atoms with E-state index in [1.165, 1.54) is 36.4 Å². The molecule has 2 N–H and O–H groups in total. The van der Waals surface area contributed by atoms with Gasteiger partial charge in [0.25, 0.3) is 11.7 Å². The van der Waals surface area contributed by atoms with Gasteiger partial charge in [-0.15, -0.1) is 13.2 Å². The molecule has 0 radical (unpaired) electrons. The fraction of sp³-hybridized carbons (Fsp3) is 0.185. The van der Waals surface area contributed by atoms with Gasteiger partial charge < -0.3 is 24.6 Å². The number of aromatic hydroxyl groups is 1. The summed E-state index contributed by atoms with van der Waals surface area (Å²) in [7, 11) is 1.85. The summed E-state index contributed by atoms with van der Waals surface area (Å²) in [5.41, 5.74) is 1.25. The van der Waals surface area contributed by atoms with Gasteiger partial charge in [0.1, 0.15) is 29.6 Å².